The summed E-state index contributed by atoms with van der Waals surface area (Å²) in [6.45, 7) is 7.85. The summed E-state index contributed by atoms with van der Waals surface area (Å²) in [5.41, 5.74) is 3.44. The molecule has 0 saturated carbocycles. The number of piperidine rings is 1. The molecule has 1 N–H and O–H groups in total. The minimum atomic E-state index is -0.161. The molecule has 0 unspecified atom stereocenters. The van der Waals surface area contributed by atoms with Gasteiger partial charge in [0.1, 0.15) is 19.0 Å². The number of nitrogens with one attached hydrogen (secondary N) is 1. The lowest BCUT2D eigenvalue weighted by atomic mass is 9.95. The quantitative estimate of drug-likeness (QED) is 0.633. The van der Waals surface area contributed by atoms with Crippen LogP contribution in [-0.2, 0) is 4.79 Å². The van der Waals surface area contributed by atoms with E-state index in [1.54, 1.807) is 13.0 Å². The molecule has 2 amide bonds. The van der Waals surface area contributed by atoms with Crippen LogP contribution in [0.15, 0.2) is 34.9 Å². The molecular weight excluding hydrogens is 436 g/mol. The lowest BCUT2D eigenvalue weighted by molar-refractivity contribution is -0.121. The molecule has 4 heterocycles. The van der Waals surface area contributed by atoms with Crippen LogP contribution in [0.3, 0.4) is 0 Å². The minimum absolute atomic E-state index is 0.0112. The van der Waals surface area contributed by atoms with E-state index in [9.17, 15) is 9.59 Å². The summed E-state index contributed by atoms with van der Waals surface area (Å²) in [5, 5.41) is 6.61. The zero-order valence-corrected chi connectivity index (χ0v) is 19.6. The monoisotopic (exact) mass is 464 g/mol. The fraction of sp³-hybridized carbons (Fsp3) is 0.400. The lowest BCUT2D eigenvalue weighted by Crippen LogP contribution is -2.41. The number of rotatable bonds is 4. The summed E-state index contributed by atoms with van der Waals surface area (Å²) in [5.74, 6) is 2.26. The number of likely N-dealkylation sites (tertiary alicyclic amines) is 1. The second-order valence-electron chi connectivity index (χ2n) is 8.83. The molecule has 2 aliphatic rings. The average molecular weight is 465 g/mol. The van der Waals surface area contributed by atoms with Crippen LogP contribution in [0.2, 0.25) is 0 Å². The van der Waals surface area contributed by atoms with Gasteiger partial charge in [0, 0.05) is 48.2 Å². The number of anilines is 1. The van der Waals surface area contributed by atoms with Crippen LogP contribution >= 0.6 is 0 Å². The molecule has 178 valence electrons. The number of amides is 2. The van der Waals surface area contributed by atoms with Crippen LogP contribution in [0.1, 0.15) is 40.3 Å². The van der Waals surface area contributed by atoms with Crippen molar-refractivity contribution in [2.75, 3.05) is 31.6 Å². The van der Waals surface area contributed by atoms with Crippen LogP contribution < -0.4 is 14.8 Å². The zero-order valence-electron chi connectivity index (χ0n) is 19.6. The van der Waals surface area contributed by atoms with E-state index >= 15 is 0 Å². The van der Waals surface area contributed by atoms with Gasteiger partial charge in [-0.1, -0.05) is 5.16 Å². The van der Waals surface area contributed by atoms with E-state index in [0.717, 1.165) is 22.8 Å². The summed E-state index contributed by atoms with van der Waals surface area (Å²) < 4.78 is 18.4. The van der Waals surface area contributed by atoms with Crippen molar-refractivity contribution in [2.24, 2.45) is 5.92 Å². The summed E-state index contributed by atoms with van der Waals surface area (Å²) in [6, 6.07) is 9.44. The highest BCUT2D eigenvalue weighted by Crippen LogP contribution is 2.34. The number of carbonyl (C=O) groups excluding carboxylic acids is 2. The molecule has 1 aromatic carbocycles. The number of ether oxygens (including phenoxy) is 2. The molecule has 34 heavy (non-hydrogen) atoms. The topological polar surface area (TPSA) is 98.8 Å². The first kappa shape index (κ1) is 22.1. The Bertz CT molecular complexity index is 1240. The molecule has 0 aliphatic carbocycles. The number of benzene rings is 1. The van der Waals surface area contributed by atoms with Crippen LogP contribution in [0.25, 0.3) is 5.69 Å². The first-order chi connectivity index (χ1) is 16.4. The normalized spacial score (nSPS) is 15.9. The highest BCUT2D eigenvalue weighted by atomic mass is 16.6. The Morgan fingerprint density at radius 3 is 2.44 bits per heavy atom. The molecule has 9 nitrogen and oxygen atoms in total. The maximum Gasteiger partial charge on any atom is 0.255 e. The Morgan fingerprint density at radius 2 is 1.74 bits per heavy atom. The number of hydrogen-bond donors (Lipinski definition) is 1. The third-order valence-corrected chi connectivity index (χ3v) is 6.48. The van der Waals surface area contributed by atoms with Crippen molar-refractivity contribution in [1.29, 1.82) is 0 Å². The maximum atomic E-state index is 13.4. The SMILES string of the molecule is Cc1cc(NC(=O)C2CCN(C(=O)c3cc(C)n(-c4ccc5c(c4)OCCO5)c3C)CC2)no1. The number of aromatic nitrogens is 2. The summed E-state index contributed by atoms with van der Waals surface area (Å²) in [7, 11) is 0. The van der Waals surface area contributed by atoms with Crippen molar-refractivity contribution < 1.29 is 23.6 Å². The standard InChI is InChI=1S/C25H28N4O5/c1-15-12-20(17(3)29(15)19-4-5-21-22(14-19)33-11-10-32-21)25(31)28-8-6-18(7-9-28)24(30)26-23-13-16(2)34-27-23/h4-5,12-14,18H,6-11H2,1-3H3,(H,26,27,30). The van der Waals surface area contributed by atoms with Gasteiger partial charge in [-0.25, -0.2) is 0 Å². The molecule has 0 atom stereocenters. The van der Waals surface area contributed by atoms with Gasteiger partial charge in [0.25, 0.3) is 5.91 Å². The Kier molecular flexibility index (Phi) is 5.77. The lowest BCUT2D eigenvalue weighted by Gasteiger charge is -2.31. The van der Waals surface area contributed by atoms with E-state index in [1.807, 2.05) is 43.0 Å². The molecule has 0 bridgehead atoms. The molecule has 9 heteroatoms. The molecule has 2 aliphatic heterocycles. The van der Waals surface area contributed by atoms with Gasteiger partial charge >= 0.3 is 0 Å². The molecular formula is C25H28N4O5. The van der Waals surface area contributed by atoms with Crippen LogP contribution in [0.4, 0.5) is 5.82 Å². The van der Waals surface area contributed by atoms with E-state index in [4.69, 9.17) is 14.0 Å². The van der Waals surface area contributed by atoms with Crippen LogP contribution in [-0.4, -0.2) is 52.7 Å². The van der Waals surface area contributed by atoms with Gasteiger partial charge in [-0.15, -0.1) is 0 Å². The third kappa shape index (κ3) is 4.13. The molecule has 0 radical (unpaired) electrons. The third-order valence-electron chi connectivity index (χ3n) is 6.48. The Balaban J connectivity index is 1.27. The van der Waals surface area contributed by atoms with Gasteiger partial charge < -0.3 is 28.8 Å². The Morgan fingerprint density at radius 1 is 1.00 bits per heavy atom. The Hall–Kier alpha value is -3.75. The maximum absolute atomic E-state index is 13.4. The fourth-order valence-electron chi connectivity index (χ4n) is 4.72. The average Bonchev–Trinajstić information content (AvgIpc) is 3.39. The number of nitrogens with zero attached hydrogens (tertiary/aromatic N) is 3. The van der Waals surface area contributed by atoms with E-state index in [1.165, 1.54) is 0 Å². The van der Waals surface area contributed by atoms with Gasteiger partial charge in [-0.3, -0.25) is 9.59 Å². The predicted octanol–water partition coefficient (Wildman–Crippen LogP) is 3.65. The van der Waals surface area contributed by atoms with Gasteiger partial charge in [0.05, 0.1) is 5.56 Å². The summed E-state index contributed by atoms with van der Waals surface area (Å²) >= 11 is 0. The second kappa shape index (κ2) is 8.89. The van der Waals surface area contributed by atoms with Gasteiger partial charge in [0.2, 0.25) is 5.91 Å². The van der Waals surface area contributed by atoms with E-state index in [0.29, 0.717) is 62.0 Å². The van der Waals surface area contributed by atoms with Crippen molar-refractivity contribution in [3.8, 4) is 17.2 Å². The number of fused-ring (bicyclic) bond motifs is 1. The van der Waals surface area contributed by atoms with Gasteiger partial charge in [-0.05, 0) is 51.8 Å². The van der Waals surface area contributed by atoms with Crippen molar-refractivity contribution >= 4 is 17.6 Å². The smallest absolute Gasteiger partial charge is 0.255 e. The van der Waals surface area contributed by atoms with E-state index < -0.39 is 0 Å². The minimum Gasteiger partial charge on any atom is -0.486 e. The van der Waals surface area contributed by atoms with Crippen LogP contribution in [0, 0.1) is 26.7 Å². The molecule has 3 aromatic rings. The molecule has 2 aromatic heterocycles. The summed E-state index contributed by atoms with van der Waals surface area (Å²) in [4.78, 5) is 27.8. The number of hydrogen-bond acceptors (Lipinski definition) is 6. The largest absolute Gasteiger partial charge is 0.486 e. The summed E-state index contributed by atoms with van der Waals surface area (Å²) in [6.07, 6.45) is 1.21. The number of carbonyl (C=O) groups is 2. The highest BCUT2D eigenvalue weighted by Gasteiger charge is 2.30. The molecule has 1 fully saturated rings. The van der Waals surface area contributed by atoms with Crippen molar-refractivity contribution in [3.05, 3.63) is 53.0 Å². The predicted molar refractivity (Wildman–Crippen MR) is 125 cm³/mol. The second-order valence-corrected chi connectivity index (χ2v) is 8.83. The van der Waals surface area contributed by atoms with Crippen molar-refractivity contribution in [2.45, 2.75) is 33.6 Å². The van der Waals surface area contributed by atoms with Crippen LogP contribution in [0.5, 0.6) is 11.5 Å². The zero-order chi connectivity index (χ0) is 23.8. The highest BCUT2D eigenvalue weighted by molar-refractivity contribution is 5.96. The van der Waals surface area contributed by atoms with Crippen molar-refractivity contribution in [1.82, 2.24) is 14.6 Å². The fourth-order valence-corrected chi connectivity index (χ4v) is 4.72. The Labute approximate surface area is 197 Å². The number of aryl methyl sites for hydroxylation is 2. The van der Waals surface area contributed by atoms with E-state index in [-0.39, 0.29) is 17.7 Å². The van der Waals surface area contributed by atoms with Gasteiger partial charge in [-0.2, -0.15) is 0 Å². The molecule has 5 rings (SSSR count). The molecule has 1 saturated heterocycles. The first-order valence-corrected chi connectivity index (χ1v) is 11.5. The van der Waals surface area contributed by atoms with E-state index in [2.05, 4.69) is 15.0 Å². The van der Waals surface area contributed by atoms with Gasteiger partial charge in [0.15, 0.2) is 17.3 Å². The van der Waals surface area contributed by atoms with Crippen molar-refractivity contribution in [3.63, 3.8) is 0 Å². The first-order valence-electron chi connectivity index (χ1n) is 11.5. The molecule has 0 spiro atoms.